The van der Waals surface area contributed by atoms with Crippen molar-refractivity contribution in [1.29, 1.82) is 0 Å². The summed E-state index contributed by atoms with van der Waals surface area (Å²) in [4.78, 5) is 15.9. The van der Waals surface area contributed by atoms with Gasteiger partial charge in [-0.2, -0.15) is 0 Å². The maximum atomic E-state index is 11.9. The molecule has 1 fully saturated rings. The van der Waals surface area contributed by atoms with Gasteiger partial charge in [0.1, 0.15) is 5.75 Å². The summed E-state index contributed by atoms with van der Waals surface area (Å²) in [5.41, 5.74) is 0. The Morgan fingerprint density at radius 1 is 1.55 bits per heavy atom. The Kier molecular flexibility index (Phi) is 9.29. The average molecular weight is 322 g/mol. The highest BCUT2D eigenvalue weighted by molar-refractivity contribution is 5.85. The Hall–Kier alpha value is -1.04. The number of carbonyl (C=O) groups is 1. The molecule has 0 spiro atoms. The van der Waals surface area contributed by atoms with Crippen molar-refractivity contribution in [3.8, 4) is 5.75 Å². The van der Waals surface area contributed by atoms with Gasteiger partial charge < -0.3 is 15.4 Å². The van der Waals surface area contributed by atoms with Gasteiger partial charge in [0.25, 0.3) is 5.91 Å². The summed E-state index contributed by atoms with van der Waals surface area (Å²) in [6, 6.07) is 3.79. The van der Waals surface area contributed by atoms with Gasteiger partial charge in [-0.1, -0.05) is 0 Å². The third kappa shape index (κ3) is 5.94. The molecule has 20 heavy (non-hydrogen) atoms. The molecule has 0 aromatic carbocycles. The highest BCUT2D eigenvalue weighted by atomic mass is 35.5. The molecule has 114 valence electrons. The monoisotopic (exact) mass is 321 g/mol. The fraction of sp³-hybridized carbons (Fsp3) is 0.538. The standard InChI is InChI=1S/C13H19N3O2.2ClH/c1-10(18-12-5-3-7-15-9-12)13(17)16-11-4-2-6-14-8-11;;/h3,5,7,9-11,14H,2,4,6,8H2,1H3,(H,16,17);2*1H. The Balaban J connectivity index is 0.00000180. The molecule has 0 saturated carbocycles. The van der Waals surface area contributed by atoms with Crippen molar-refractivity contribution >= 4 is 30.7 Å². The summed E-state index contributed by atoms with van der Waals surface area (Å²) >= 11 is 0. The van der Waals surface area contributed by atoms with Crippen LogP contribution < -0.4 is 15.4 Å². The van der Waals surface area contributed by atoms with Crippen molar-refractivity contribution in [2.75, 3.05) is 13.1 Å². The van der Waals surface area contributed by atoms with E-state index < -0.39 is 6.10 Å². The molecule has 2 unspecified atom stereocenters. The van der Waals surface area contributed by atoms with E-state index in [1.807, 2.05) is 0 Å². The predicted octanol–water partition coefficient (Wildman–Crippen LogP) is 1.56. The van der Waals surface area contributed by atoms with Crippen LogP contribution in [0, 0.1) is 0 Å². The number of carbonyl (C=O) groups excluding carboxylic acids is 1. The van der Waals surface area contributed by atoms with E-state index in [-0.39, 0.29) is 36.8 Å². The van der Waals surface area contributed by atoms with Gasteiger partial charge in [-0.05, 0) is 38.4 Å². The Bertz CT molecular complexity index is 386. The summed E-state index contributed by atoms with van der Waals surface area (Å²) in [5, 5.41) is 6.26. The number of piperidine rings is 1. The Labute approximate surface area is 131 Å². The second kappa shape index (κ2) is 9.80. The molecule has 0 aliphatic carbocycles. The van der Waals surface area contributed by atoms with Crippen LogP contribution in [0.4, 0.5) is 0 Å². The van der Waals surface area contributed by atoms with Crippen molar-refractivity contribution in [1.82, 2.24) is 15.6 Å². The van der Waals surface area contributed by atoms with Crippen LogP contribution in [0.15, 0.2) is 24.5 Å². The van der Waals surface area contributed by atoms with Crippen molar-refractivity contribution in [3.05, 3.63) is 24.5 Å². The van der Waals surface area contributed by atoms with Gasteiger partial charge in [0.15, 0.2) is 6.10 Å². The van der Waals surface area contributed by atoms with Gasteiger partial charge in [-0.15, -0.1) is 24.8 Å². The first-order valence-electron chi connectivity index (χ1n) is 6.33. The number of halogens is 2. The number of aromatic nitrogens is 1. The lowest BCUT2D eigenvalue weighted by molar-refractivity contribution is -0.128. The van der Waals surface area contributed by atoms with Crippen molar-refractivity contribution in [2.45, 2.75) is 31.9 Å². The van der Waals surface area contributed by atoms with Gasteiger partial charge in [0, 0.05) is 18.8 Å². The molecule has 1 amide bonds. The summed E-state index contributed by atoms with van der Waals surface area (Å²) in [5.74, 6) is 0.537. The minimum atomic E-state index is -0.504. The zero-order chi connectivity index (χ0) is 12.8. The largest absolute Gasteiger partial charge is 0.479 e. The molecule has 1 aliphatic heterocycles. The number of nitrogens with zero attached hydrogens (tertiary/aromatic N) is 1. The topological polar surface area (TPSA) is 63.2 Å². The Morgan fingerprint density at radius 2 is 2.35 bits per heavy atom. The van der Waals surface area contributed by atoms with Gasteiger partial charge >= 0.3 is 0 Å². The van der Waals surface area contributed by atoms with E-state index in [0.717, 1.165) is 25.9 Å². The molecule has 7 heteroatoms. The zero-order valence-electron chi connectivity index (χ0n) is 11.4. The van der Waals surface area contributed by atoms with Gasteiger partial charge in [0.05, 0.1) is 6.20 Å². The van der Waals surface area contributed by atoms with E-state index in [0.29, 0.717) is 5.75 Å². The molecule has 2 heterocycles. The molecule has 0 bridgehead atoms. The normalized spacial score (nSPS) is 18.9. The zero-order valence-corrected chi connectivity index (χ0v) is 13.0. The predicted molar refractivity (Wildman–Crippen MR) is 82.9 cm³/mol. The summed E-state index contributed by atoms with van der Waals surface area (Å²) in [6.07, 6.45) is 4.90. The van der Waals surface area contributed by atoms with E-state index >= 15 is 0 Å². The Morgan fingerprint density at radius 3 is 2.95 bits per heavy atom. The van der Waals surface area contributed by atoms with E-state index in [2.05, 4.69) is 15.6 Å². The van der Waals surface area contributed by atoms with Crippen LogP contribution in [-0.2, 0) is 4.79 Å². The number of hydrogen-bond donors (Lipinski definition) is 2. The average Bonchev–Trinajstić information content (AvgIpc) is 2.41. The molecule has 1 saturated heterocycles. The van der Waals surface area contributed by atoms with Crippen LogP contribution in [0.3, 0.4) is 0 Å². The number of amides is 1. The lowest BCUT2D eigenvalue weighted by atomic mass is 10.1. The van der Waals surface area contributed by atoms with Crippen molar-refractivity contribution in [3.63, 3.8) is 0 Å². The van der Waals surface area contributed by atoms with E-state index in [4.69, 9.17) is 4.74 Å². The van der Waals surface area contributed by atoms with Gasteiger partial charge in [-0.3, -0.25) is 9.78 Å². The summed E-state index contributed by atoms with van der Waals surface area (Å²) < 4.78 is 5.52. The van der Waals surface area contributed by atoms with Crippen molar-refractivity contribution in [2.24, 2.45) is 0 Å². The number of ether oxygens (including phenoxy) is 1. The second-order valence-electron chi connectivity index (χ2n) is 4.50. The first-order valence-corrected chi connectivity index (χ1v) is 6.33. The van der Waals surface area contributed by atoms with Crippen LogP contribution in [0.1, 0.15) is 19.8 Å². The number of pyridine rings is 1. The number of rotatable bonds is 4. The molecule has 2 N–H and O–H groups in total. The SMILES string of the molecule is CC(Oc1cccnc1)C(=O)NC1CCCNC1.Cl.Cl. The maximum absolute atomic E-state index is 11.9. The maximum Gasteiger partial charge on any atom is 0.261 e. The third-order valence-corrected chi connectivity index (χ3v) is 2.96. The summed E-state index contributed by atoms with van der Waals surface area (Å²) in [6.45, 7) is 3.62. The molecule has 1 aliphatic rings. The van der Waals surface area contributed by atoms with Gasteiger partial charge in [-0.25, -0.2) is 0 Å². The molecule has 1 aromatic rings. The fourth-order valence-corrected chi connectivity index (χ4v) is 1.97. The number of nitrogens with one attached hydrogen (secondary N) is 2. The first-order chi connectivity index (χ1) is 8.75. The molecular formula is C13H21Cl2N3O2. The molecular weight excluding hydrogens is 301 g/mol. The molecule has 2 rings (SSSR count). The summed E-state index contributed by atoms with van der Waals surface area (Å²) in [7, 11) is 0. The second-order valence-corrected chi connectivity index (χ2v) is 4.50. The van der Waals surface area contributed by atoms with Crippen molar-refractivity contribution < 1.29 is 9.53 Å². The first kappa shape index (κ1) is 19.0. The van der Waals surface area contributed by atoms with Crippen LogP contribution in [-0.4, -0.2) is 36.1 Å². The smallest absolute Gasteiger partial charge is 0.261 e. The van der Waals surface area contributed by atoms with Crippen LogP contribution in [0.5, 0.6) is 5.75 Å². The van der Waals surface area contributed by atoms with Crippen LogP contribution in [0.25, 0.3) is 0 Å². The van der Waals surface area contributed by atoms with E-state index in [9.17, 15) is 4.79 Å². The minimum Gasteiger partial charge on any atom is -0.479 e. The van der Waals surface area contributed by atoms with Crippen LogP contribution >= 0.6 is 24.8 Å². The number of hydrogen-bond acceptors (Lipinski definition) is 4. The third-order valence-electron chi connectivity index (χ3n) is 2.96. The molecule has 0 radical (unpaired) electrons. The molecule has 1 aromatic heterocycles. The quantitative estimate of drug-likeness (QED) is 0.883. The van der Waals surface area contributed by atoms with E-state index in [1.54, 1.807) is 31.5 Å². The minimum absolute atomic E-state index is 0. The fourth-order valence-electron chi connectivity index (χ4n) is 1.97. The lowest BCUT2D eigenvalue weighted by Gasteiger charge is -2.25. The van der Waals surface area contributed by atoms with Gasteiger partial charge in [0.2, 0.25) is 0 Å². The molecule has 2 atom stereocenters. The highest BCUT2D eigenvalue weighted by Crippen LogP contribution is 2.09. The van der Waals surface area contributed by atoms with E-state index in [1.165, 1.54) is 0 Å². The lowest BCUT2D eigenvalue weighted by Crippen LogP contribution is -2.49. The highest BCUT2D eigenvalue weighted by Gasteiger charge is 2.20. The van der Waals surface area contributed by atoms with Crippen LogP contribution in [0.2, 0.25) is 0 Å². The molecule has 5 nitrogen and oxygen atoms in total.